The van der Waals surface area contributed by atoms with Crippen molar-refractivity contribution < 1.29 is 23.8 Å². The van der Waals surface area contributed by atoms with Crippen LogP contribution in [-0.2, 0) is 17.9 Å². The minimum atomic E-state index is -0.499. The molecule has 0 aliphatic carbocycles. The summed E-state index contributed by atoms with van der Waals surface area (Å²) in [5.74, 6) is 1.32. The van der Waals surface area contributed by atoms with Crippen molar-refractivity contribution >= 4 is 22.8 Å². The van der Waals surface area contributed by atoms with Crippen molar-refractivity contribution in [2.24, 2.45) is 0 Å². The van der Waals surface area contributed by atoms with Crippen molar-refractivity contribution in [2.45, 2.75) is 26.1 Å². The molecule has 1 aromatic heterocycles. The first-order valence-corrected chi connectivity index (χ1v) is 12.2. The van der Waals surface area contributed by atoms with Crippen molar-refractivity contribution in [3.05, 3.63) is 83.7 Å². The highest BCUT2D eigenvalue weighted by Crippen LogP contribution is 2.38. The zero-order valence-electron chi connectivity index (χ0n) is 22.2. The maximum absolute atomic E-state index is 13.2. The highest BCUT2D eigenvalue weighted by atomic mass is 16.5. The van der Waals surface area contributed by atoms with E-state index in [1.807, 2.05) is 66.1 Å². The molecule has 1 unspecified atom stereocenters. The van der Waals surface area contributed by atoms with E-state index in [9.17, 15) is 9.59 Å². The van der Waals surface area contributed by atoms with Gasteiger partial charge >= 0.3 is 0 Å². The molecule has 0 spiro atoms. The van der Waals surface area contributed by atoms with Crippen LogP contribution in [0.15, 0.2) is 66.7 Å². The molecule has 2 amide bonds. The van der Waals surface area contributed by atoms with Crippen molar-refractivity contribution in [2.75, 3.05) is 28.4 Å². The molecular weight excluding hydrogens is 484 g/mol. The summed E-state index contributed by atoms with van der Waals surface area (Å²) in [6.07, 6.45) is 0. The van der Waals surface area contributed by atoms with Crippen molar-refractivity contribution in [1.29, 1.82) is 0 Å². The van der Waals surface area contributed by atoms with Crippen LogP contribution in [0.1, 0.15) is 34.7 Å². The number of hydrogen-bond donors (Lipinski definition) is 1. The molecule has 0 fully saturated rings. The maximum atomic E-state index is 13.2. The summed E-state index contributed by atoms with van der Waals surface area (Å²) in [4.78, 5) is 32.9. The van der Waals surface area contributed by atoms with E-state index in [0.29, 0.717) is 35.2 Å². The number of nitrogens with one attached hydrogen (secondary N) is 1. The van der Waals surface area contributed by atoms with E-state index in [4.69, 9.17) is 19.2 Å². The number of fused-ring (bicyclic) bond motifs is 1. The molecule has 0 saturated carbocycles. The number of para-hydroxylation sites is 2. The summed E-state index contributed by atoms with van der Waals surface area (Å²) in [6, 6.07) is 20.1. The molecular formula is C29H32N4O5. The second-order valence-electron chi connectivity index (χ2n) is 8.89. The molecule has 0 bridgehead atoms. The molecule has 1 atom stereocenters. The fraction of sp³-hybridized carbons (Fsp3) is 0.276. The van der Waals surface area contributed by atoms with Gasteiger partial charge in [-0.1, -0.05) is 42.5 Å². The summed E-state index contributed by atoms with van der Waals surface area (Å²) >= 11 is 0. The third-order valence-corrected chi connectivity index (χ3v) is 6.33. The monoisotopic (exact) mass is 516 g/mol. The van der Waals surface area contributed by atoms with Crippen LogP contribution >= 0.6 is 0 Å². The Labute approximate surface area is 221 Å². The van der Waals surface area contributed by atoms with Crippen LogP contribution in [0.25, 0.3) is 11.0 Å². The smallest absolute Gasteiger partial charge is 0.252 e. The third-order valence-electron chi connectivity index (χ3n) is 6.33. The Kier molecular flexibility index (Phi) is 8.15. The number of benzene rings is 3. The van der Waals surface area contributed by atoms with Gasteiger partial charge in [-0.25, -0.2) is 4.98 Å². The van der Waals surface area contributed by atoms with Crippen molar-refractivity contribution in [1.82, 2.24) is 19.8 Å². The number of carbonyl (C=O) groups excluding carboxylic acids is 2. The largest absolute Gasteiger partial charge is 0.493 e. The zero-order valence-corrected chi connectivity index (χ0v) is 22.2. The lowest BCUT2D eigenvalue weighted by molar-refractivity contribution is -0.131. The Hall–Kier alpha value is -4.53. The van der Waals surface area contributed by atoms with Gasteiger partial charge in [-0.2, -0.15) is 0 Å². The molecule has 4 rings (SSSR count). The van der Waals surface area contributed by atoms with Gasteiger partial charge in [-0.15, -0.1) is 0 Å². The number of likely N-dealkylation sites (N-methyl/N-ethyl adjacent to an activating group) is 1. The highest BCUT2D eigenvalue weighted by Gasteiger charge is 2.23. The predicted molar refractivity (Wildman–Crippen MR) is 145 cm³/mol. The predicted octanol–water partition coefficient (Wildman–Crippen LogP) is 4.21. The third kappa shape index (κ3) is 5.56. The SMILES string of the molecule is COc1cc(C(=O)NC(C)c2nc3ccccc3n2CC(=O)N(C)Cc2ccccc2)cc(OC)c1OC. The molecule has 9 heteroatoms. The van der Waals surface area contributed by atoms with E-state index in [-0.39, 0.29) is 18.4 Å². The van der Waals surface area contributed by atoms with Crippen molar-refractivity contribution in [3.63, 3.8) is 0 Å². The first-order chi connectivity index (χ1) is 18.4. The van der Waals surface area contributed by atoms with Gasteiger partial charge < -0.3 is 29.0 Å². The first-order valence-electron chi connectivity index (χ1n) is 12.2. The van der Waals surface area contributed by atoms with E-state index in [1.165, 1.54) is 21.3 Å². The van der Waals surface area contributed by atoms with Gasteiger partial charge in [0.05, 0.1) is 38.4 Å². The zero-order chi connectivity index (χ0) is 27.2. The lowest BCUT2D eigenvalue weighted by Gasteiger charge is -2.21. The molecule has 3 aromatic carbocycles. The van der Waals surface area contributed by atoms with E-state index in [0.717, 1.165) is 16.6 Å². The summed E-state index contributed by atoms with van der Waals surface area (Å²) in [6.45, 7) is 2.42. The van der Waals surface area contributed by atoms with Crippen LogP contribution in [-0.4, -0.2) is 54.6 Å². The van der Waals surface area contributed by atoms with E-state index in [2.05, 4.69) is 5.32 Å². The van der Waals surface area contributed by atoms with E-state index < -0.39 is 6.04 Å². The van der Waals surface area contributed by atoms with Crippen LogP contribution < -0.4 is 19.5 Å². The lowest BCUT2D eigenvalue weighted by Crippen LogP contribution is -2.32. The van der Waals surface area contributed by atoms with E-state index in [1.54, 1.807) is 24.1 Å². The van der Waals surface area contributed by atoms with Gasteiger partial charge in [0.1, 0.15) is 12.4 Å². The van der Waals surface area contributed by atoms with E-state index >= 15 is 0 Å². The second-order valence-corrected chi connectivity index (χ2v) is 8.89. The Morgan fingerprint density at radius 3 is 2.21 bits per heavy atom. The Bertz CT molecular complexity index is 1410. The first kappa shape index (κ1) is 26.5. The number of imidazole rings is 1. The number of rotatable bonds is 10. The Morgan fingerprint density at radius 1 is 0.947 bits per heavy atom. The van der Waals surface area contributed by atoms with Gasteiger partial charge in [-0.05, 0) is 36.8 Å². The molecule has 0 saturated heterocycles. The normalized spacial score (nSPS) is 11.6. The fourth-order valence-electron chi connectivity index (χ4n) is 4.35. The minimum Gasteiger partial charge on any atom is -0.493 e. The van der Waals surface area contributed by atoms with Crippen LogP contribution in [0.3, 0.4) is 0 Å². The number of methoxy groups -OCH3 is 3. The average molecular weight is 517 g/mol. The molecule has 38 heavy (non-hydrogen) atoms. The molecule has 0 aliphatic rings. The number of amides is 2. The molecule has 1 N–H and O–H groups in total. The number of aromatic nitrogens is 2. The molecule has 4 aromatic rings. The molecule has 198 valence electrons. The van der Waals surface area contributed by atoms with Gasteiger partial charge in [0.25, 0.3) is 5.91 Å². The van der Waals surface area contributed by atoms with Crippen LogP contribution in [0.2, 0.25) is 0 Å². The standard InChI is InChI=1S/C29H32N4O5/c1-19(30-29(35)21-15-24(36-3)27(38-5)25(16-21)37-4)28-31-22-13-9-10-14-23(22)33(28)18-26(34)32(2)17-20-11-7-6-8-12-20/h6-16,19H,17-18H2,1-5H3,(H,30,35). The summed E-state index contributed by atoms with van der Waals surface area (Å²) in [5, 5.41) is 3.00. The topological polar surface area (TPSA) is 94.9 Å². The molecule has 0 radical (unpaired) electrons. The van der Waals surface area contributed by atoms with Crippen molar-refractivity contribution in [3.8, 4) is 17.2 Å². The molecule has 0 aliphatic heterocycles. The van der Waals surface area contributed by atoms with Crippen LogP contribution in [0.5, 0.6) is 17.2 Å². The number of ether oxygens (including phenoxy) is 3. The van der Waals surface area contributed by atoms with Gasteiger partial charge in [-0.3, -0.25) is 9.59 Å². The Morgan fingerprint density at radius 2 is 1.58 bits per heavy atom. The Balaban J connectivity index is 1.59. The van der Waals surface area contributed by atoms with Crippen LogP contribution in [0.4, 0.5) is 0 Å². The molecule has 9 nitrogen and oxygen atoms in total. The summed E-state index contributed by atoms with van der Waals surface area (Å²) in [5.41, 5.74) is 2.95. The highest BCUT2D eigenvalue weighted by molar-refractivity contribution is 5.96. The van der Waals surface area contributed by atoms with Gasteiger partial charge in [0, 0.05) is 19.2 Å². The average Bonchev–Trinajstić information content (AvgIpc) is 3.30. The minimum absolute atomic E-state index is 0.0681. The number of nitrogens with zero attached hydrogens (tertiary/aromatic N) is 3. The summed E-state index contributed by atoms with van der Waals surface area (Å²) in [7, 11) is 6.28. The van der Waals surface area contributed by atoms with Gasteiger partial charge in [0.2, 0.25) is 11.7 Å². The quantitative estimate of drug-likeness (QED) is 0.339. The number of hydrogen-bond acceptors (Lipinski definition) is 6. The van der Waals surface area contributed by atoms with Gasteiger partial charge in [0.15, 0.2) is 11.5 Å². The molecule has 1 heterocycles. The maximum Gasteiger partial charge on any atom is 0.252 e. The second kappa shape index (κ2) is 11.7. The van der Waals surface area contributed by atoms with Crippen LogP contribution in [0, 0.1) is 0 Å². The number of carbonyl (C=O) groups is 2. The fourth-order valence-corrected chi connectivity index (χ4v) is 4.35. The summed E-state index contributed by atoms with van der Waals surface area (Å²) < 4.78 is 18.0. The lowest BCUT2D eigenvalue weighted by atomic mass is 10.1.